The summed E-state index contributed by atoms with van der Waals surface area (Å²) in [6, 6.07) is 9.78. The van der Waals surface area contributed by atoms with Crippen LogP contribution in [0, 0.1) is 0 Å². The van der Waals surface area contributed by atoms with E-state index in [0.717, 1.165) is 26.8 Å². The number of fused-ring (bicyclic) bond motifs is 1. The predicted octanol–water partition coefficient (Wildman–Crippen LogP) is 3.77. The number of nitrogens with one attached hydrogen (secondary N) is 1. The zero-order valence-corrected chi connectivity index (χ0v) is 16.4. The topological polar surface area (TPSA) is 94.5 Å². The van der Waals surface area contributed by atoms with Gasteiger partial charge in [-0.15, -0.1) is 0 Å². The summed E-state index contributed by atoms with van der Waals surface area (Å²) in [6.07, 6.45) is 0.978. The number of amides is 1. The second-order valence-corrected chi connectivity index (χ2v) is 7.69. The van der Waals surface area contributed by atoms with E-state index in [9.17, 15) is 4.79 Å². The second kappa shape index (κ2) is 6.95. The maximum atomic E-state index is 11.8. The van der Waals surface area contributed by atoms with Gasteiger partial charge >= 0.3 is 6.09 Å². The lowest BCUT2D eigenvalue weighted by Gasteiger charge is -2.19. The second-order valence-electron chi connectivity index (χ2n) is 6.84. The zero-order chi connectivity index (χ0) is 18.9. The minimum absolute atomic E-state index is 0.365. The maximum Gasteiger partial charge on any atom is 0.407 e. The van der Waals surface area contributed by atoms with E-state index in [-0.39, 0.29) is 0 Å². The average Bonchev–Trinajstić information content (AvgIpc) is 2.90. The van der Waals surface area contributed by atoms with Crippen LogP contribution in [-0.2, 0) is 11.3 Å². The van der Waals surface area contributed by atoms with Gasteiger partial charge in [-0.25, -0.2) is 14.3 Å². The van der Waals surface area contributed by atoms with Crippen molar-refractivity contribution in [2.45, 2.75) is 32.9 Å². The van der Waals surface area contributed by atoms with Crippen LogP contribution in [0.2, 0.25) is 0 Å². The Morgan fingerprint density at radius 3 is 2.85 bits per heavy atom. The normalized spacial score (nSPS) is 11.5. The summed E-state index contributed by atoms with van der Waals surface area (Å²) in [5.41, 5.74) is 8.92. The van der Waals surface area contributed by atoms with Crippen LogP contribution < -0.4 is 11.1 Å². The zero-order valence-electron chi connectivity index (χ0n) is 14.8. The lowest BCUT2D eigenvalue weighted by molar-refractivity contribution is 0.0523. The molecule has 3 N–H and O–H groups in total. The SMILES string of the molecule is CC(C)(C)OC(=O)NCc1cccc(-c2cc(Br)c3c(N)ncnn23)c1. The summed E-state index contributed by atoms with van der Waals surface area (Å²) in [7, 11) is 0. The molecule has 0 saturated heterocycles. The third-order valence-corrected chi connectivity index (χ3v) is 4.20. The number of hydrogen-bond acceptors (Lipinski definition) is 5. The molecule has 0 aliphatic carbocycles. The number of nitrogens with zero attached hydrogens (tertiary/aromatic N) is 3. The summed E-state index contributed by atoms with van der Waals surface area (Å²) in [6.45, 7) is 5.85. The number of nitrogen functional groups attached to an aromatic ring is 1. The molecule has 3 aromatic rings. The first-order valence-corrected chi connectivity index (χ1v) is 8.88. The summed E-state index contributed by atoms with van der Waals surface area (Å²) < 4.78 is 7.82. The summed E-state index contributed by atoms with van der Waals surface area (Å²) in [5, 5.41) is 7.05. The number of anilines is 1. The smallest absolute Gasteiger partial charge is 0.407 e. The Morgan fingerprint density at radius 1 is 1.35 bits per heavy atom. The number of hydrogen-bond donors (Lipinski definition) is 2. The van der Waals surface area contributed by atoms with Crippen LogP contribution in [-0.4, -0.2) is 26.3 Å². The highest BCUT2D eigenvalue weighted by Gasteiger charge is 2.16. The van der Waals surface area contributed by atoms with E-state index in [1.54, 1.807) is 4.52 Å². The van der Waals surface area contributed by atoms with Gasteiger partial charge < -0.3 is 15.8 Å². The minimum atomic E-state index is -0.525. The summed E-state index contributed by atoms with van der Waals surface area (Å²) >= 11 is 3.51. The van der Waals surface area contributed by atoms with E-state index in [4.69, 9.17) is 10.5 Å². The summed E-state index contributed by atoms with van der Waals surface area (Å²) in [5.74, 6) is 0.404. The Kier molecular flexibility index (Phi) is 4.86. The third-order valence-electron chi connectivity index (χ3n) is 3.59. The molecule has 26 heavy (non-hydrogen) atoms. The van der Waals surface area contributed by atoms with Crippen molar-refractivity contribution in [3.05, 3.63) is 46.7 Å². The Morgan fingerprint density at radius 2 is 2.12 bits per heavy atom. The number of alkyl carbamates (subject to hydrolysis) is 1. The number of halogens is 1. The lowest BCUT2D eigenvalue weighted by atomic mass is 10.1. The van der Waals surface area contributed by atoms with Crippen LogP contribution >= 0.6 is 15.9 Å². The number of carbonyl (C=O) groups excluding carboxylic acids is 1. The van der Waals surface area contributed by atoms with Crippen LogP contribution in [0.3, 0.4) is 0 Å². The molecule has 8 heteroatoms. The van der Waals surface area contributed by atoms with Crippen molar-refractivity contribution in [2.24, 2.45) is 0 Å². The molecule has 0 fully saturated rings. The molecular weight excluding hydrogens is 398 g/mol. The molecule has 0 aliphatic rings. The number of rotatable bonds is 3. The first-order valence-electron chi connectivity index (χ1n) is 8.08. The van der Waals surface area contributed by atoms with Crippen LogP contribution in [0.5, 0.6) is 0 Å². The highest BCUT2D eigenvalue weighted by Crippen LogP contribution is 2.31. The lowest BCUT2D eigenvalue weighted by Crippen LogP contribution is -2.32. The first kappa shape index (κ1) is 18.2. The largest absolute Gasteiger partial charge is 0.444 e. The quantitative estimate of drug-likeness (QED) is 0.676. The van der Waals surface area contributed by atoms with E-state index in [0.29, 0.717) is 12.4 Å². The molecule has 0 bridgehead atoms. The van der Waals surface area contributed by atoms with E-state index in [2.05, 4.69) is 31.3 Å². The predicted molar refractivity (Wildman–Crippen MR) is 104 cm³/mol. The van der Waals surface area contributed by atoms with Crippen molar-refractivity contribution in [1.29, 1.82) is 0 Å². The Hall–Kier alpha value is -2.61. The van der Waals surface area contributed by atoms with Crippen molar-refractivity contribution >= 4 is 33.4 Å². The van der Waals surface area contributed by atoms with Crippen molar-refractivity contribution in [3.8, 4) is 11.3 Å². The van der Waals surface area contributed by atoms with Crippen LogP contribution in [0.25, 0.3) is 16.8 Å². The van der Waals surface area contributed by atoms with Gasteiger partial charge in [0.15, 0.2) is 5.82 Å². The molecule has 0 unspecified atom stereocenters. The highest BCUT2D eigenvalue weighted by atomic mass is 79.9. The van der Waals surface area contributed by atoms with E-state index < -0.39 is 11.7 Å². The van der Waals surface area contributed by atoms with Gasteiger partial charge in [0.25, 0.3) is 0 Å². The Balaban J connectivity index is 1.85. The molecule has 2 heterocycles. The average molecular weight is 418 g/mol. The summed E-state index contributed by atoms with van der Waals surface area (Å²) in [4.78, 5) is 15.9. The molecule has 0 saturated carbocycles. The minimum Gasteiger partial charge on any atom is -0.444 e. The molecule has 0 atom stereocenters. The van der Waals surface area contributed by atoms with E-state index in [1.807, 2.05) is 51.1 Å². The molecule has 7 nitrogen and oxygen atoms in total. The van der Waals surface area contributed by atoms with Crippen molar-refractivity contribution in [1.82, 2.24) is 19.9 Å². The van der Waals surface area contributed by atoms with Gasteiger partial charge in [-0.1, -0.05) is 18.2 Å². The monoisotopic (exact) mass is 417 g/mol. The molecule has 0 spiro atoms. The van der Waals surface area contributed by atoms with E-state index >= 15 is 0 Å². The van der Waals surface area contributed by atoms with Crippen LogP contribution in [0.4, 0.5) is 10.6 Å². The van der Waals surface area contributed by atoms with Gasteiger partial charge in [-0.05, 0) is 54.4 Å². The highest BCUT2D eigenvalue weighted by molar-refractivity contribution is 9.10. The number of nitrogens with two attached hydrogens (primary N) is 1. The van der Waals surface area contributed by atoms with Gasteiger partial charge in [-0.3, -0.25) is 0 Å². The van der Waals surface area contributed by atoms with Gasteiger partial charge in [0, 0.05) is 16.6 Å². The molecule has 3 rings (SSSR count). The van der Waals surface area contributed by atoms with Gasteiger partial charge in [0.1, 0.15) is 17.4 Å². The molecule has 136 valence electrons. The molecule has 0 aliphatic heterocycles. The van der Waals surface area contributed by atoms with Crippen LogP contribution in [0.1, 0.15) is 26.3 Å². The van der Waals surface area contributed by atoms with Crippen molar-refractivity contribution in [3.63, 3.8) is 0 Å². The first-order chi connectivity index (χ1) is 12.2. The number of benzene rings is 1. The molecule has 2 aromatic heterocycles. The number of carbonyl (C=O) groups is 1. The molecule has 1 amide bonds. The Labute approximate surface area is 159 Å². The van der Waals surface area contributed by atoms with Gasteiger partial charge in [0.05, 0.1) is 5.69 Å². The molecule has 1 aromatic carbocycles. The van der Waals surface area contributed by atoms with Crippen LogP contribution in [0.15, 0.2) is 41.1 Å². The van der Waals surface area contributed by atoms with Crippen molar-refractivity contribution in [2.75, 3.05) is 5.73 Å². The van der Waals surface area contributed by atoms with E-state index in [1.165, 1.54) is 6.33 Å². The fourth-order valence-electron chi connectivity index (χ4n) is 2.56. The number of ether oxygens (including phenoxy) is 1. The number of aromatic nitrogens is 3. The fraction of sp³-hybridized carbons (Fsp3) is 0.278. The van der Waals surface area contributed by atoms with Gasteiger partial charge in [0.2, 0.25) is 0 Å². The fourth-order valence-corrected chi connectivity index (χ4v) is 3.15. The standard InChI is InChI=1S/C18H20BrN5O2/c1-18(2,3)26-17(25)21-9-11-5-4-6-12(7-11)14-8-13(19)15-16(20)22-10-23-24(14)15/h4-8,10H,9H2,1-3H3,(H,21,25)(H2,20,22,23). The third kappa shape index (κ3) is 3.96. The van der Waals surface area contributed by atoms with Gasteiger partial charge in [-0.2, -0.15) is 5.10 Å². The Bertz CT molecular complexity index is 962. The molecule has 0 radical (unpaired) electrons. The maximum absolute atomic E-state index is 11.8. The molecular formula is C18H20BrN5O2. The van der Waals surface area contributed by atoms with Crippen molar-refractivity contribution < 1.29 is 9.53 Å².